The molecule has 0 spiro atoms. The first-order valence-corrected chi connectivity index (χ1v) is 4.16. The van der Waals surface area contributed by atoms with Crippen LogP contribution in [0.3, 0.4) is 0 Å². The Bertz CT molecular complexity index is 208. The normalized spacial score (nSPS) is 19.3. The quantitative estimate of drug-likeness (QED) is 0.636. The van der Waals surface area contributed by atoms with Crippen molar-refractivity contribution in [1.82, 2.24) is 0 Å². The van der Waals surface area contributed by atoms with Crippen LogP contribution in [0.1, 0.15) is 32.1 Å². The van der Waals surface area contributed by atoms with Gasteiger partial charge in [-0.3, -0.25) is 4.79 Å². The number of ether oxygens (including phenoxy) is 1. The molecule has 1 aliphatic carbocycles. The maximum atomic E-state index is 11.1. The summed E-state index contributed by atoms with van der Waals surface area (Å²) in [5, 5.41) is 8.29. The van der Waals surface area contributed by atoms with Gasteiger partial charge < -0.3 is 4.74 Å². The van der Waals surface area contributed by atoms with Crippen LogP contribution in [0.5, 0.6) is 0 Å². The van der Waals surface area contributed by atoms with Crippen molar-refractivity contribution in [3.05, 3.63) is 0 Å². The van der Waals surface area contributed by atoms with Crippen molar-refractivity contribution < 1.29 is 9.53 Å². The van der Waals surface area contributed by atoms with Crippen LogP contribution in [0.2, 0.25) is 0 Å². The highest BCUT2D eigenvalue weighted by atomic mass is 16.5. The van der Waals surface area contributed by atoms with Gasteiger partial charge in [0.1, 0.15) is 5.78 Å². The number of carbonyl (C=O) groups is 1. The van der Waals surface area contributed by atoms with E-state index in [-0.39, 0.29) is 17.8 Å². The lowest BCUT2D eigenvalue weighted by Crippen LogP contribution is -2.41. The van der Waals surface area contributed by atoms with Crippen molar-refractivity contribution in [2.45, 2.75) is 37.7 Å². The first-order valence-electron chi connectivity index (χ1n) is 4.16. The van der Waals surface area contributed by atoms with Gasteiger partial charge in [0, 0.05) is 13.5 Å². The average molecular weight is 167 g/mol. The Hall–Kier alpha value is -0.880. The summed E-state index contributed by atoms with van der Waals surface area (Å²) in [6.07, 6.45) is 3.48. The first-order chi connectivity index (χ1) is 5.72. The number of Topliss-reactive ketones (excluding diaryl/α,β-unsaturated/α-hetero) is 1. The van der Waals surface area contributed by atoms with E-state index in [2.05, 4.69) is 0 Å². The number of nitriles is 1. The van der Waals surface area contributed by atoms with Crippen molar-refractivity contribution in [1.29, 1.82) is 5.26 Å². The minimum Gasteiger partial charge on any atom is -0.378 e. The van der Waals surface area contributed by atoms with E-state index in [9.17, 15) is 4.79 Å². The number of carbonyl (C=O) groups excluding carboxylic acids is 1. The van der Waals surface area contributed by atoms with E-state index in [4.69, 9.17) is 10.00 Å². The predicted octanol–water partition coefficient (Wildman–Crippen LogP) is 1.43. The summed E-state index contributed by atoms with van der Waals surface area (Å²) < 4.78 is 5.26. The zero-order valence-corrected chi connectivity index (χ0v) is 7.30. The molecule has 1 rings (SSSR count). The number of rotatable bonds is 4. The average Bonchev–Trinajstić information content (AvgIpc) is 1.97. The van der Waals surface area contributed by atoms with Gasteiger partial charge in [-0.15, -0.1) is 0 Å². The van der Waals surface area contributed by atoms with Gasteiger partial charge in [-0.1, -0.05) is 0 Å². The molecule has 0 aromatic rings. The molecule has 0 amide bonds. The number of ketones is 1. The third-order valence-electron chi connectivity index (χ3n) is 2.49. The predicted molar refractivity (Wildman–Crippen MR) is 43.4 cm³/mol. The molecule has 0 atom stereocenters. The summed E-state index contributed by atoms with van der Waals surface area (Å²) in [6.45, 7) is 0. The summed E-state index contributed by atoms with van der Waals surface area (Å²) in [6, 6.07) is 1.86. The molecule has 0 radical (unpaired) electrons. The molecule has 1 saturated carbocycles. The van der Waals surface area contributed by atoms with Crippen LogP contribution in [0.25, 0.3) is 0 Å². The summed E-state index contributed by atoms with van der Waals surface area (Å²) in [7, 11) is 1.64. The van der Waals surface area contributed by atoms with Crippen LogP contribution in [-0.2, 0) is 9.53 Å². The van der Waals surface area contributed by atoms with Gasteiger partial charge in [0.25, 0.3) is 0 Å². The largest absolute Gasteiger partial charge is 0.378 e. The second kappa shape index (κ2) is 3.68. The fourth-order valence-electron chi connectivity index (χ4n) is 1.53. The van der Waals surface area contributed by atoms with E-state index in [1.807, 2.05) is 6.07 Å². The van der Waals surface area contributed by atoms with Crippen molar-refractivity contribution in [2.75, 3.05) is 7.11 Å². The van der Waals surface area contributed by atoms with Crippen LogP contribution in [0.15, 0.2) is 0 Å². The number of nitrogens with zero attached hydrogens (tertiary/aromatic N) is 1. The van der Waals surface area contributed by atoms with E-state index >= 15 is 0 Å². The Morgan fingerprint density at radius 1 is 1.67 bits per heavy atom. The standard InChI is InChI=1S/C9H13NO2/c1-12-9(4-2-5-9)7-8(11)3-6-10/h2-5,7H2,1H3. The van der Waals surface area contributed by atoms with E-state index in [0.717, 1.165) is 19.3 Å². The number of hydrogen-bond acceptors (Lipinski definition) is 3. The summed E-state index contributed by atoms with van der Waals surface area (Å²) in [5.41, 5.74) is -0.214. The smallest absolute Gasteiger partial charge is 0.149 e. The highest BCUT2D eigenvalue weighted by Crippen LogP contribution is 2.38. The molecule has 0 unspecified atom stereocenters. The third-order valence-corrected chi connectivity index (χ3v) is 2.49. The second-order valence-electron chi connectivity index (χ2n) is 3.29. The van der Waals surface area contributed by atoms with Crippen LogP contribution in [-0.4, -0.2) is 18.5 Å². The van der Waals surface area contributed by atoms with Crippen LogP contribution < -0.4 is 0 Å². The Morgan fingerprint density at radius 2 is 2.33 bits per heavy atom. The van der Waals surface area contributed by atoms with E-state index in [0.29, 0.717) is 6.42 Å². The minimum atomic E-state index is -0.214. The monoisotopic (exact) mass is 167 g/mol. The Kier molecular flexibility index (Phi) is 2.83. The molecule has 1 fully saturated rings. The van der Waals surface area contributed by atoms with Gasteiger partial charge in [0.2, 0.25) is 0 Å². The zero-order valence-electron chi connectivity index (χ0n) is 7.30. The Morgan fingerprint density at radius 3 is 2.67 bits per heavy atom. The SMILES string of the molecule is COC1(CC(=O)CC#N)CCC1. The van der Waals surface area contributed by atoms with Gasteiger partial charge in [-0.2, -0.15) is 5.26 Å². The molecule has 66 valence electrons. The summed E-state index contributed by atoms with van der Waals surface area (Å²) in [5.74, 6) is -0.000880. The van der Waals surface area contributed by atoms with Crippen molar-refractivity contribution in [3.8, 4) is 6.07 Å². The Labute approximate surface area is 72.3 Å². The molecule has 0 aromatic heterocycles. The fourth-order valence-corrected chi connectivity index (χ4v) is 1.53. The number of methoxy groups -OCH3 is 1. The molecule has 0 aliphatic heterocycles. The van der Waals surface area contributed by atoms with Gasteiger partial charge in [0.05, 0.1) is 18.1 Å². The van der Waals surface area contributed by atoms with Gasteiger partial charge in [-0.05, 0) is 19.3 Å². The van der Waals surface area contributed by atoms with Crippen LogP contribution in [0.4, 0.5) is 0 Å². The molecule has 0 heterocycles. The van der Waals surface area contributed by atoms with Crippen molar-refractivity contribution in [3.63, 3.8) is 0 Å². The summed E-state index contributed by atoms with van der Waals surface area (Å²) >= 11 is 0. The molecule has 12 heavy (non-hydrogen) atoms. The molecular formula is C9H13NO2. The highest BCUT2D eigenvalue weighted by Gasteiger charge is 2.38. The maximum absolute atomic E-state index is 11.1. The molecule has 3 heteroatoms. The lowest BCUT2D eigenvalue weighted by Gasteiger charge is -2.39. The highest BCUT2D eigenvalue weighted by molar-refractivity contribution is 5.81. The Balaban J connectivity index is 2.38. The topological polar surface area (TPSA) is 50.1 Å². The second-order valence-corrected chi connectivity index (χ2v) is 3.29. The summed E-state index contributed by atoms with van der Waals surface area (Å²) in [4.78, 5) is 11.1. The molecular weight excluding hydrogens is 154 g/mol. The molecule has 0 aromatic carbocycles. The van der Waals surface area contributed by atoms with E-state index in [1.165, 1.54) is 0 Å². The minimum absolute atomic E-state index is 0.000880. The fraction of sp³-hybridized carbons (Fsp3) is 0.778. The van der Waals surface area contributed by atoms with Gasteiger partial charge >= 0.3 is 0 Å². The van der Waals surface area contributed by atoms with E-state index in [1.54, 1.807) is 7.11 Å². The molecule has 1 aliphatic rings. The maximum Gasteiger partial charge on any atom is 0.149 e. The zero-order chi connectivity index (χ0) is 9.03. The lowest BCUT2D eigenvalue weighted by molar-refractivity contribution is -0.131. The first kappa shape index (κ1) is 9.21. The van der Waals surface area contributed by atoms with Crippen molar-refractivity contribution >= 4 is 5.78 Å². The molecule has 3 nitrogen and oxygen atoms in total. The number of hydrogen-bond donors (Lipinski definition) is 0. The molecule has 0 N–H and O–H groups in total. The van der Waals surface area contributed by atoms with Crippen LogP contribution in [0, 0.1) is 11.3 Å². The van der Waals surface area contributed by atoms with Gasteiger partial charge in [-0.25, -0.2) is 0 Å². The third kappa shape index (κ3) is 1.83. The van der Waals surface area contributed by atoms with Crippen molar-refractivity contribution in [2.24, 2.45) is 0 Å². The molecule has 0 saturated heterocycles. The lowest BCUT2D eigenvalue weighted by atomic mass is 9.76. The van der Waals surface area contributed by atoms with E-state index < -0.39 is 0 Å². The van der Waals surface area contributed by atoms with Crippen LogP contribution >= 0.6 is 0 Å². The molecule has 0 bridgehead atoms. The van der Waals surface area contributed by atoms with Gasteiger partial charge in [0.15, 0.2) is 0 Å².